The molecule has 8 heteroatoms. The van der Waals surface area contributed by atoms with Crippen LogP contribution in [0.1, 0.15) is 24.7 Å². The predicted molar refractivity (Wildman–Crippen MR) is 107 cm³/mol. The van der Waals surface area contributed by atoms with E-state index in [1.807, 2.05) is 39.1 Å². The molecule has 3 rings (SSSR count). The van der Waals surface area contributed by atoms with E-state index < -0.39 is 0 Å². The number of halogens is 1. The van der Waals surface area contributed by atoms with Crippen LogP contribution in [0.3, 0.4) is 0 Å². The zero-order valence-electron chi connectivity index (χ0n) is 15.3. The van der Waals surface area contributed by atoms with Crippen molar-refractivity contribution in [2.75, 3.05) is 11.1 Å². The van der Waals surface area contributed by atoms with Crippen LogP contribution in [0, 0.1) is 13.8 Å². The van der Waals surface area contributed by atoms with Gasteiger partial charge in [0.1, 0.15) is 0 Å². The number of benzene rings is 1. The smallest absolute Gasteiger partial charge is 0.234 e. The van der Waals surface area contributed by atoms with E-state index in [9.17, 15) is 4.79 Å². The second-order valence-corrected chi connectivity index (χ2v) is 7.56. The molecule has 0 spiro atoms. The quantitative estimate of drug-likeness (QED) is 0.640. The molecule has 2 heterocycles. The number of carbonyl (C=O) groups is 1. The first-order valence-electron chi connectivity index (χ1n) is 8.49. The average molecular weight is 392 g/mol. The van der Waals surface area contributed by atoms with Gasteiger partial charge in [-0.2, -0.15) is 5.10 Å². The predicted octanol–water partition coefficient (Wildman–Crippen LogP) is 4.18. The zero-order valence-corrected chi connectivity index (χ0v) is 16.9. The van der Waals surface area contributed by atoms with Crippen molar-refractivity contribution in [2.45, 2.75) is 38.9 Å². The van der Waals surface area contributed by atoms with E-state index in [0.29, 0.717) is 5.02 Å². The zero-order chi connectivity index (χ0) is 18.8. The number of hydrogen-bond acceptors (Lipinski definition) is 4. The molecule has 0 saturated heterocycles. The first-order chi connectivity index (χ1) is 12.4. The molecule has 0 radical (unpaired) electrons. The van der Waals surface area contributed by atoms with E-state index in [4.69, 9.17) is 11.6 Å². The molecule has 0 fully saturated rings. The highest BCUT2D eigenvalue weighted by Crippen LogP contribution is 2.27. The summed E-state index contributed by atoms with van der Waals surface area (Å²) < 4.78 is 3.91. The van der Waals surface area contributed by atoms with Crippen molar-refractivity contribution in [3.8, 4) is 0 Å². The molecule has 1 N–H and O–H groups in total. The third-order valence-corrected chi connectivity index (χ3v) is 5.44. The van der Waals surface area contributed by atoms with Crippen LogP contribution < -0.4 is 5.32 Å². The number of carbonyl (C=O) groups excluding carboxylic acids is 1. The number of nitrogens with one attached hydrogen (secondary N) is 1. The Hall–Kier alpha value is -1.99. The number of anilines is 1. The lowest BCUT2D eigenvalue weighted by Gasteiger charge is -2.08. The third kappa shape index (κ3) is 3.73. The molecule has 0 aliphatic heterocycles. The normalized spacial score (nSPS) is 11.3. The van der Waals surface area contributed by atoms with Gasteiger partial charge in [-0.1, -0.05) is 30.3 Å². The van der Waals surface area contributed by atoms with Crippen LogP contribution >= 0.6 is 23.4 Å². The summed E-state index contributed by atoms with van der Waals surface area (Å²) in [6, 6.07) is 5.70. The summed E-state index contributed by atoms with van der Waals surface area (Å²) in [5.74, 6) is 0.219. The molecule has 0 aliphatic rings. The molecule has 138 valence electrons. The van der Waals surface area contributed by atoms with Crippen molar-refractivity contribution < 1.29 is 4.79 Å². The summed E-state index contributed by atoms with van der Waals surface area (Å²) in [5.41, 5.74) is 4.43. The largest absolute Gasteiger partial charge is 0.322 e. The highest BCUT2D eigenvalue weighted by molar-refractivity contribution is 7.99. The number of fused-ring (bicyclic) bond motifs is 1. The Balaban J connectivity index is 1.76. The number of rotatable bonds is 6. The second kappa shape index (κ2) is 7.72. The number of amides is 1. The van der Waals surface area contributed by atoms with E-state index in [1.54, 1.807) is 4.68 Å². The number of imidazole rings is 1. The maximum Gasteiger partial charge on any atom is 0.234 e. The molecule has 1 aromatic carbocycles. The lowest BCUT2D eigenvalue weighted by molar-refractivity contribution is -0.113. The highest BCUT2D eigenvalue weighted by atomic mass is 35.5. The van der Waals surface area contributed by atoms with Gasteiger partial charge in [0.2, 0.25) is 5.91 Å². The fraction of sp³-hybridized carbons (Fsp3) is 0.389. The van der Waals surface area contributed by atoms with Gasteiger partial charge in [-0.3, -0.25) is 9.48 Å². The Labute approximate surface area is 161 Å². The second-order valence-electron chi connectivity index (χ2n) is 6.19. The van der Waals surface area contributed by atoms with E-state index in [1.165, 1.54) is 11.8 Å². The molecule has 0 saturated carbocycles. The van der Waals surface area contributed by atoms with Crippen molar-refractivity contribution in [1.29, 1.82) is 0 Å². The molecule has 0 aliphatic carbocycles. The van der Waals surface area contributed by atoms with Gasteiger partial charge in [-0.25, -0.2) is 4.98 Å². The van der Waals surface area contributed by atoms with Crippen molar-refractivity contribution in [3.05, 3.63) is 34.6 Å². The van der Waals surface area contributed by atoms with Crippen LogP contribution in [0.4, 0.5) is 5.69 Å². The third-order valence-electron chi connectivity index (χ3n) is 4.23. The molecule has 2 aromatic heterocycles. The van der Waals surface area contributed by atoms with Gasteiger partial charge in [0, 0.05) is 18.6 Å². The molecular weight excluding hydrogens is 370 g/mol. The number of aromatic nitrogens is 4. The molecule has 3 aromatic rings. The molecule has 0 bridgehead atoms. The lowest BCUT2D eigenvalue weighted by atomic mass is 10.3. The van der Waals surface area contributed by atoms with Crippen LogP contribution in [0.2, 0.25) is 5.02 Å². The minimum Gasteiger partial charge on any atom is -0.322 e. The van der Waals surface area contributed by atoms with E-state index in [2.05, 4.69) is 26.9 Å². The van der Waals surface area contributed by atoms with Crippen LogP contribution in [0.25, 0.3) is 11.0 Å². The first kappa shape index (κ1) is 18.8. The average Bonchev–Trinajstić information content (AvgIpc) is 3.05. The maximum absolute atomic E-state index is 12.4. The number of thioether (sulfide) groups is 1. The minimum atomic E-state index is -0.0673. The van der Waals surface area contributed by atoms with Crippen molar-refractivity contribution >= 4 is 46.0 Å². The number of nitrogens with zero attached hydrogens (tertiary/aromatic N) is 4. The molecule has 26 heavy (non-hydrogen) atoms. The van der Waals surface area contributed by atoms with Gasteiger partial charge < -0.3 is 9.88 Å². The van der Waals surface area contributed by atoms with Gasteiger partial charge >= 0.3 is 0 Å². The summed E-state index contributed by atoms with van der Waals surface area (Å²) in [4.78, 5) is 17.1. The van der Waals surface area contributed by atoms with Crippen molar-refractivity contribution in [3.63, 3.8) is 0 Å². The Morgan fingerprint density at radius 1 is 1.35 bits per heavy atom. The van der Waals surface area contributed by atoms with Crippen LogP contribution in [-0.2, 0) is 18.4 Å². The molecule has 0 atom stereocenters. The standard InChI is InChI=1S/C18H22ClN5OS/c1-5-8-24-15-7-6-13(19)9-14(15)20-18(24)26-10-16(25)21-17-11(2)22-23(4)12(17)3/h6-7,9H,5,8,10H2,1-4H3,(H,21,25). The van der Waals surface area contributed by atoms with Gasteiger partial charge in [0.05, 0.1) is 33.9 Å². The fourth-order valence-corrected chi connectivity index (χ4v) is 3.90. The SMILES string of the molecule is CCCn1c(SCC(=O)Nc2c(C)nn(C)c2C)nc2cc(Cl)ccc21. The number of hydrogen-bond donors (Lipinski definition) is 1. The van der Waals surface area contributed by atoms with E-state index >= 15 is 0 Å². The Morgan fingerprint density at radius 2 is 2.12 bits per heavy atom. The maximum atomic E-state index is 12.4. The topological polar surface area (TPSA) is 64.7 Å². The van der Waals surface area contributed by atoms with Gasteiger partial charge in [0.25, 0.3) is 0 Å². The van der Waals surface area contributed by atoms with Crippen LogP contribution in [-0.4, -0.2) is 31.0 Å². The Bertz CT molecular complexity index is 962. The molecule has 1 amide bonds. The summed E-state index contributed by atoms with van der Waals surface area (Å²) in [6.07, 6.45) is 0.988. The van der Waals surface area contributed by atoms with Crippen molar-refractivity contribution in [1.82, 2.24) is 19.3 Å². The molecule has 0 unspecified atom stereocenters. The summed E-state index contributed by atoms with van der Waals surface area (Å²) in [6.45, 7) is 6.80. The minimum absolute atomic E-state index is 0.0673. The van der Waals surface area contributed by atoms with Gasteiger partial charge in [-0.15, -0.1) is 0 Å². The fourth-order valence-electron chi connectivity index (χ4n) is 2.89. The van der Waals surface area contributed by atoms with E-state index in [0.717, 1.165) is 46.2 Å². The van der Waals surface area contributed by atoms with Gasteiger partial charge in [-0.05, 0) is 38.5 Å². The number of aryl methyl sites for hydroxylation is 3. The van der Waals surface area contributed by atoms with Crippen LogP contribution in [0.5, 0.6) is 0 Å². The van der Waals surface area contributed by atoms with E-state index in [-0.39, 0.29) is 11.7 Å². The molecular formula is C18H22ClN5OS. The highest BCUT2D eigenvalue weighted by Gasteiger charge is 2.15. The summed E-state index contributed by atoms with van der Waals surface area (Å²) in [5, 5.41) is 8.78. The summed E-state index contributed by atoms with van der Waals surface area (Å²) >= 11 is 7.51. The van der Waals surface area contributed by atoms with Crippen LogP contribution in [0.15, 0.2) is 23.4 Å². The first-order valence-corrected chi connectivity index (χ1v) is 9.85. The Kier molecular flexibility index (Phi) is 5.58. The monoisotopic (exact) mass is 391 g/mol. The lowest BCUT2D eigenvalue weighted by Crippen LogP contribution is -2.15. The molecule has 6 nitrogen and oxygen atoms in total. The van der Waals surface area contributed by atoms with Gasteiger partial charge in [0.15, 0.2) is 5.16 Å². The Morgan fingerprint density at radius 3 is 2.77 bits per heavy atom. The van der Waals surface area contributed by atoms with Crippen molar-refractivity contribution in [2.24, 2.45) is 7.05 Å². The summed E-state index contributed by atoms with van der Waals surface area (Å²) in [7, 11) is 1.87.